The van der Waals surface area contributed by atoms with Crippen molar-refractivity contribution in [2.24, 2.45) is 0 Å². The fourth-order valence-electron chi connectivity index (χ4n) is 2.65. The van der Waals surface area contributed by atoms with Crippen molar-refractivity contribution < 1.29 is 14.3 Å². The monoisotopic (exact) mass is 480 g/mol. The van der Waals surface area contributed by atoms with Crippen LogP contribution in [0.1, 0.15) is 33.3 Å². The lowest BCUT2D eigenvalue weighted by Gasteiger charge is -2.31. The Morgan fingerprint density at radius 2 is 1.83 bits per heavy atom. The van der Waals surface area contributed by atoms with E-state index < -0.39 is 11.6 Å². The van der Waals surface area contributed by atoms with Gasteiger partial charge in [-0.25, -0.2) is 0 Å². The number of amides is 2. The van der Waals surface area contributed by atoms with Crippen LogP contribution in [-0.4, -0.2) is 34.9 Å². The first-order chi connectivity index (χ1) is 13.5. The highest BCUT2D eigenvalue weighted by Gasteiger charge is 2.28. The summed E-state index contributed by atoms with van der Waals surface area (Å²) in [6, 6.07) is 13.8. The van der Waals surface area contributed by atoms with Gasteiger partial charge in [0.1, 0.15) is 11.8 Å². The van der Waals surface area contributed by atoms with Crippen LogP contribution in [0, 0.1) is 0 Å². The van der Waals surface area contributed by atoms with Crippen molar-refractivity contribution >= 4 is 39.3 Å². The zero-order valence-corrected chi connectivity index (χ0v) is 19.4. The number of halogens is 2. The lowest BCUT2D eigenvalue weighted by molar-refractivity contribution is -0.142. The highest BCUT2D eigenvalue weighted by Crippen LogP contribution is 2.18. The third-order valence-corrected chi connectivity index (χ3v) is 4.85. The molecule has 1 N–H and O–H groups in total. The van der Waals surface area contributed by atoms with Crippen molar-refractivity contribution in [3.8, 4) is 5.75 Å². The lowest BCUT2D eigenvalue weighted by atomic mass is 10.1. The van der Waals surface area contributed by atoms with Crippen molar-refractivity contribution in [3.63, 3.8) is 0 Å². The van der Waals surface area contributed by atoms with E-state index in [9.17, 15) is 9.59 Å². The molecule has 0 heterocycles. The summed E-state index contributed by atoms with van der Waals surface area (Å²) in [5.41, 5.74) is 0.439. The van der Waals surface area contributed by atoms with Crippen LogP contribution < -0.4 is 10.1 Å². The maximum atomic E-state index is 13.0. The second-order valence-corrected chi connectivity index (χ2v) is 9.16. The van der Waals surface area contributed by atoms with Crippen LogP contribution in [0.2, 0.25) is 5.02 Å². The molecule has 7 heteroatoms. The van der Waals surface area contributed by atoms with Gasteiger partial charge < -0.3 is 15.0 Å². The number of hydrogen-bond donors (Lipinski definition) is 1. The quantitative estimate of drug-likeness (QED) is 0.617. The van der Waals surface area contributed by atoms with Crippen molar-refractivity contribution in [2.45, 2.75) is 45.8 Å². The van der Waals surface area contributed by atoms with Gasteiger partial charge in [-0.05, 0) is 69.7 Å². The van der Waals surface area contributed by atoms with Crippen LogP contribution in [0.25, 0.3) is 0 Å². The van der Waals surface area contributed by atoms with E-state index in [0.29, 0.717) is 10.8 Å². The van der Waals surface area contributed by atoms with Gasteiger partial charge in [-0.1, -0.05) is 39.7 Å². The number of hydrogen-bond acceptors (Lipinski definition) is 3. The van der Waals surface area contributed by atoms with Gasteiger partial charge in [0.25, 0.3) is 5.91 Å². The molecule has 0 unspecified atom stereocenters. The maximum Gasteiger partial charge on any atom is 0.261 e. The van der Waals surface area contributed by atoms with E-state index in [1.807, 2.05) is 45.0 Å². The Morgan fingerprint density at radius 3 is 2.41 bits per heavy atom. The normalized spacial score (nSPS) is 12.2. The number of nitrogens with one attached hydrogen (secondary N) is 1. The topological polar surface area (TPSA) is 58.6 Å². The van der Waals surface area contributed by atoms with Crippen LogP contribution >= 0.6 is 27.5 Å². The van der Waals surface area contributed by atoms with Crippen molar-refractivity contribution in [1.29, 1.82) is 0 Å². The Balaban J connectivity index is 2.16. The van der Waals surface area contributed by atoms with Gasteiger partial charge in [0.15, 0.2) is 6.61 Å². The third-order valence-electron chi connectivity index (χ3n) is 4.08. The first-order valence-corrected chi connectivity index (χ1v) is 10.5. The Kier molecular flexibility index (Phi) is 8.11. The lowest BCUT2D eigenvalue weighted by Crippen LogP contribution is -2.53. The molecule has 0 aliphatic heterocycles. The summed E-state index contributed by atoms with van der Waals surface area (Å²) in [5.74, 6) is 0.0667. The summed E-state index contributed by atoms with van der Waals surface area (Å²) >= 11 is 9.44. The van der Waals surface area contributed by atoms with Gasteiger partial charge in [0.05, 0.1) is 0 Å². The zero-order valence-electron chi connectivity index (χ0n) is 17.0. The van der Waals surface area contributed by atoms with E-state index in [1.54, 1.807) is 31.2 Å². The fraction of sp³-hybridized carbons (Fsp3) is 0.364. The number of ether oxygens (including phenoxy) is 1. The molecule has 2 amide bonds. The highest BCUT2D eigenvalue weighted by molar-refractivity contribution is 9.10. The van der Waals surface area contributed by atoms with Gasteiger partial charge >= 0.3 is 0 Å². The molecule has 0 aromatic heterocycles. The largest absolute Gasteiger partial charge is 0.484 e. The van der Waals surface area contributed by atoms with Crippen molar-refractivity contribution in [3.05, 3.63) is 63.6 Å². The van der Waals surface area contributed by atoms with Gasteiger partial charge in [0, 0.05) is 21.6 Å². The predicted molar refractivity (Wildman–Crippen MR) is 119 cm³/mol. The molecule has 1 atom stereocenters. The summed E-state index contributed by atoms with van der Waals surface area (Å²) in [5, 5.41) is 3.50. The van der Waals surface area contributed by atoms with E-state index in [-0.39, 0.29) is 25.0 Å². The number of benzene rings is 2. The summed E-state index contributed by atoms with van der Waals surface area (Å²) in [7, 11) is 0. The first-order valence-electron chi connectivity index (χ1n) is 9.29. The van der Waals surface area contributed by atoms with Crippen molar-refractivity contribution in [2.75, 3.05) is 6.61 Å². The second kappa shape index (κ2) is 10.1. The Hall–Kier alpha value is -2.05. The SMILES string of the molecule is C[C@@H](C(=O)NC(C)(C)C)N(Cc1cccc(Cl)c1)C(=O)COc1ccc(Br)cc1. The second-order valence-electron chi connectivity index (χ2n) is 7.81. The highest BCUT2D eigenvalue weighted by atomic mass is 79.9. The Morgan fingerprint density at radius 1 is 1.17 bits per heavy atom. The van der Waals surface area contributed by atoms with Crippen LogP contribution in [0.15, 0.2) is 53.0 Å². The molecule has 2 rings (SSSR count). The summed E-state index contributed by atoms with van der Waals surface area (Å²) in [6.45, 7) is 7.49. The standard InChI is InChI=1S/C22H26BrClN2O3/c1-15(21(28)25-22(2,3)4)26(13-16-6-5-7-18(24)12-16)20(27)14-29-19-10-8-17(23)9-11-19/h5-12,15H,13-14H2,1-4H3,(H,25,28)/t15-/m0/s1. The molecule has 0 aliphatic rings. The molecule has 0 bridgehead atoms. The average Bonchev–Trinajstić information content (AvgIpc) is 2.63. The molecular weight excluding hydrogens is 456 g/mol. The molecule has 0 fully saturated rings. The minimum Gasteiger partial charge on any atom is -0.484 e. The van der Waals surface area contributed by atoms with E-state index in [1.165, 1.54) is 4.90 Å². The summed E-state index contributed by atoms with van der Waals surface area (Å²) < 4.78 is 6.55. The molecule has 0 radical (unpaired) electrons. The Labute approximate surface area is 185 Å². The van der Waals surface area contributed by atoms with Crippen LogP contribution in [0.3, 0.4) is 0 Å². The van der Waals surface area contributed by atoms with Crippen LogP contribution in [0.4, 0.5) is 0 Å². The molecule has 29 heavy (non-hydrogen) atoms. The number of rotatable bonds is 7. The molecule has 0 aliphatic carbocycles. The van der Waals surface area contributed by atoms with E-state index in [0.717, 1.165) is 10.0 Å². The van der Waals surface area contributed by atoms with Gasteiger partial charge in [-0.3, -0.25) is 9.59 Å². The van der Waals surface area contributed by atoms with Gasteiger partial charge in [-0.2, -0.15) is 0 Å². The molecule has 2 aromatic carbocycles. The Bertz CT molecular complexity index is 850. The minimum absolute atomic E-state index is 0.171. The number of carbonyl (C=O) groups excluding carboxylic acids is 2. The van der Waals surface area contributed by atoms with E-state index in [4.69, 9.17) is 16.3 Å². The molecular formula is C22H26BrClN2O3. The average molecular weight is 482 g/mol. The molecule has 5 nitrogen and oxygen atoms in total. The van der Waals surface area contributed by atoms with Gasteiger partial charge in [-0.15, -0.1) is 0 Å². The maximum absolute atomic E-state index is 13.0. The third kappa shape index (κ3) is 7.71. The minimum atomic E-state index is -0.672. The first kappa shape index (κ1) is 23.2. The zero-order chi connectivity index (χ0) is 21.6. The summed E-state index contributed by atoms with van der Waals surface area (Å²) in [6.07, 6.45) is 0. The molecule has 0 saturated carbocycles. The van der Waals surface area contributed by atoms with Crippen LogP contribution in [-0.2, 0) is 16.1 Å². The molecule has 0 spiro atoms. The van der Waals surface area contributed by atoms with E-state index >= 15 is 0 Å². The molecule has 0 saturated heterocycles. The van der Waals surface area contributed by atoms with Crippen molar-refractivity contribution in [1.82, 2.24) is 10.2 Å². The predicted octanol–water partition coefficient (Wildman–Crippen LogP) is 4.81. The molecule has 2 aromatic rings. The number of carbonyl (C=O) groups is 2. The van der Waals surface area contributed by atoms with E-state index in [2.05, 4.69) is 21.2 Å². The van der Waals surface area contributed by atoms with Crippen LogP contribution in [0.5, 0.6) is 5.75 Å². The van der Waals surface area contributed by atoms with Gasteiger partial charge in [0.2, 0.25) is 5.91 Å². The smallest absolute Gasteiger partial charge is 0.261 e. The summed E-state index contributed by atoms with van der Waals surface area (Å²) in [4.78, 5) is 27.2. The fourth-order valence-corrected chi connectivity index (χ4v) is 3.12. The molecule has 156 valence electrons. The number of nitrogens with zero attached hydrogens (tertiary/aromatic N) is 1.